The van der Waals surface area contributed by atoms with Crippen molar-refractivity contribution in [2.45, 2.75) is 11.8 Å². The minimum absolute atomic E-state index is 0.0395. The zero-order chi connectivity index (χ0) is 25.2. The maximum atomic E-state index is 14.4. The Labute approximate surface area is 201 Å². The predicted octanol–water partition coefficient (Wildman–Crippen LogP) is 3.20. The normalized spacial score (nSPS) is 11.2. The highest BCUT2D eigenvalue weighted by Crippen LogP contribution is 2.25. The summed E-state index contributed by atoms with van der Waals surface area (Å²) >= 11 is 0. The second-order valence-electron chi connectivity index (χ2n) is 7.45. The number of methoxy groups -OCH3 is 1. The molecular formula is C23H21FN6O4S. The summed E-state index contributed by atoms with van der Waals surface area (Å²) < 4.78 is 48.3. The van der Waals surface area contributed by atoms with Crippen molar-refractivity contribution in [3.63, 3.8) is 0 Å². The largest absolute Gasteiger partial charge is 0.497 e. The number of sulfonamides is 1. The van der Waals surface area contributed by atoms with Crippen molar-refractivity contribution in [3.05, 3.63) is 83.9 Å². The molecule has 0 aliphatic rings. The van der Waals surface area contributed by atoms with E-state index in [1.807, 2.05) is 0 Å². The van der Waals surface area contributed by atoms with Gasteiger partial charge in [-0.2, -0.15) is 4.68 Å². The van der Waals surface area contributed by atoms with Crippen LogP contribution in [-0.2, 0) is 10.0 Å². The van der Waals surface area contributed by atoms with Gasteiger partial charge in [-0.25, -0.2) is 12.8 Å². The molecule has 0 aliphatic carbocycles. The fourth-order valence-corrected chi connectivity index (χ4v) is 4.53. The molecule has 0 fully saturated rings. The third kappa shape index (κ3) is 4.82. The van der Waals surface area contributed by atoms with Gasteiger partial charge in [0.15, 0.2) is 5.82 Å². The number of aryl methyl sites for hydroxylation is 1. The van der Waals surface area contributed by atoms with E-state index in [4.69, 9.17) is 4.74 Å². The van der Waals surface area contributed by atoms with Crippen LogP contribution in [0.25, 0.3) is 5.69 Å². The number of rotatable bonds is 7. The fourth-order valence-electron chi connectivity index (χ4n) is 3.29. The Morgan fingerprint density at radius 2 is 1.83 bits per heavy atom. The lowest BCUT2D eigenvalue weighted by Crippen LogP contribution is -2.26. The van der Waals surface area contributed by atoms with Crippen LogP contribution in [0.3, 0.4) is 0 Å². The van der Waals surface area contributed by atoms with Crippen LogP contribution in [0, 0.1) is 12.7 Å². The number of carbonyl (C=O) groups excluding carboxylic acids is 1. The zero-order valence-electron chi connectivity index (χ0n) is 19.0. The highest BCUT2D eigenvalue weighted by Gasteiger charge is 2.23. The van der Waals surface area contributed by atoms with Crippen LogP contribution < -0.4 is 14.4 Å². The molecule has 0 aliphatic heterocycles. The molecule has 4 aromatic rings. The summed E-state index contributed by atoms with van der Waals surface area (Å²) in [6.45, 7) is 1.68. The Hall–Kier alpha value is -4.32. The van der Waals surface area contributed by atoms with E-state index in [2.05, 4.69) is 20.8 Å². The molecule has 0 unspecified atom stereocenters. The van der Waals surface area contributed by atoms with Crippen LogP contribution in [0.2, 0.25) is 0 Å². The predicted molar refractivity (Wildman–Crippen MR) is 127 cm³/mol. The van der Waals surface area contributed by atoms with E-state index < -0.39 is 21.7 Å². The standard InChI is InChI=1S/C23H21FN6O4S/c1-15-26-27-28-30(15)18-9-12-21(24)22(14-18)25-23(31)16-5-4-6-20(13-16)35(32,33)29(2)17-7-10-19(34-3)11-8-17/h4-14H,1-3H3,(H,25,31). The molecule has 1 amide bonds. The lowest BCUT2D eigenvalue weighted by Gasteiger charge is -2.20. The molecule has 1 heterocycles. The van der Waals surface area contributed by atoms with E-state index in [1.54, 1.807) is 31.2 Å². The average molecular weight is 497 g/mol. The molecule has 0 saturated carbocycles. The number of benzene rings is 3. The number of nitrogens with one attached hydrogen (secondary N) is 1. The molecular weight excluding hydrogens is 475 g/mol. The number of hydrogen-bond acceptors (Lipinski definition) is 7. The van der Waals surface area contributed by atoms with Crippen LogP contribution in [0.4, 0.5) is 15.8 Å². The van der Waals surface area contributed by atoms with Gasteiger partial charge in [0, 0.05) is 12.6 Å². The van der Waals surface area contributed by atoms with E-state index in [-0.39, 0.29) is 16.1 Å². The molecule has 35 heavy (non-hydrogen) atoms. The number of anilines is 2. The van der Waals surface area contributed by atoms with Crippen molar-refractivity contribution in [2.75, 3.05) is 23.8 Å². The van der Waals surface area contributed by atoms with Gasteiger partial charge in [0.1, 0.15) is 11.6 Å². The molecule has 3 aromatic carbocycles. The first-order chi connectivity index (χ1) is 16.7. The third-order valence-electron chi connectivity index (χ3n) is 5.26. The van der Waals surface area contributed by atoms with Gasteiger partial charge < -0.3 is 10.1 Å². The molecule has 4 rings (SSSR count). The first kappa shape index (κ1) is 23.8. The van der Waals surface area contributed by atoms with Crippen LogP contribution in [-0.4, -0.2) is 48.7 Å². The van der Waals surface area contributed by atoms with Gasteiger partial charge in [-0.3, -0.25) is 9.10 Å². The Balaban J connectivity index is 1.59. The minimum Gasteiger partial charge on any atom is -0.497 e. The van der Waals surface area contributed by atoms with E-state index in [0.29, 0.717) is 22.9 Å². The highest BCUT2D eigenvalue weighted by atomic mass is 32.2. The van der Waals surface area contributed by atoms with Crippen LogP contribution in [0.5, 0.6) is 5.75 Å². The number of amides is 1. The highest BCUT2D eigenvalue weighted by molar-refractivity contribution is 7.92. The summed E-state index contributed by atoms with van der Waals surface area (Å²) in [5, 5.41) is 13.6. The van der Waals surface area contributed by atoms with Crippen molar-refractivity contribution in [1.82, 2.24) is 20.2 Å². The zero-order valence-corrected chi connectivity index (χ0v) is 19.8. The molecule has 0 spiro atoms. The molecule has 1 aromatic heterocycles. The van der Waals surface area contributed by atoms with E-state index in [0.717, 1.165) is 4.31 Å². The maximum Gasteiger partial charge on any atom is 0.264 e. The molecule has 0 saturated heterocycles. The molecule has 12 heteroatoms. The molecule has 10 nitrogen and oxygen atoms in total. The van der Waals surface area contributed by atoms with Gasteiger partial charge in [-0.05, 0) is 78.0 Å². The van der Waals surface area contributed by atoms with Gasteiger partial charge in [0.25, 0.3) is 15.9 Å². The molecule has 1 N–H and O–H groups in total. The summed E-state index contributed by atoms with van der Waals surface area (Å²) in [7, 11) is -1.05. The number of carbonyl (C=O) groups is 1. The van der Waals surface area contributed by atoms with Gasteiger partial charge in [-0.15, -0.1) is 5.10 Å². The van der Waals surface area contributed by atoms with Gasteiger partial charge in [0.05, 0.1) is 29.1 Å². The lowest BCUT2D eigenvalue weighted by molar-refractivity contribution is 0.102. The van der Waals surface area contributed by atoms with E-state index >= 15 is 0 Å². The topological polar surface area (TPSA) is 119 Å². The summed E-state index contributed by atoms with van der Waals surface area (Å²) in [5.74, 6) is -0.285. The molecule has 0 atom stereocenters. The van der Waals surface area contributed by atoms with Crippen molar-refractivity contribution in [1.29, 1.82) is 0 Å². The summed E-state index contributed by atoms with van der Waals surface area (Å²) in [6, 6.07) is 16.0. The average Bonchev–Trinajstić information content (AvgIpc) is 3.30. The Morgan fingerprint density at radius 1 is 1.09 bits per heavy atom. The monoisotopic (exact) mass is 496 g/mol. The number of ether oxygens (including phenoxy) is 1. The fraction of sp³-hybridized carbons (Fsp3) is 0.130. The van der Waals surface area contributed by atoms with Crippen LogP contribution in [0.1, 0.15) is 16.2 Å². The maximum absolute atomic E-state index is 14.4. The molecule has 0 radical (unpaired) electrons. The SMILES string of the molecule is COc1ccc(N(C)S(=O)(=O)c2cccc(C(=O)Nc3cc(-n4nnnc4C)ccc3F)c2)cc1. The number of aromatic nitrogens is 4. The van der Waals surface area contributed by atoms with Crippen molar-refractivity contribution >= 4 is 27.3 Å². The van der Waals surface area contributed by atoms with Crippen LogP contribution in [0.15, 0.2) is 71.6 Å². The quantitative estimate of drug-likeness (QED) is 0.417. The first-order valence-electron chi connectivity index (χ1n) is 10.3. The van der Waals surface area contributed by atoms with Gasteiger partial charge in [-0.1, -0.05) is 6.07 Å². The molecule has 0 bridgehead atoms. The second kappa shape index (κ2) is 9.50. The minimum atomic E-state index is -3.98. The number of tetrazole rings is 1. The Kier molecular flexibility index (Phi) is 6.47. The number of hydrogen-bond donors (Lipinski definition) is 1. The molecule has 180 valence electrons. The smallest absolute Gasteiger partial charge is 0.264 e. The first-order valence-corrected chi connectivity index (χ1v) is 11.7. The Morgan fingerprint density at radius 3 is 2.49 bits per heavy atom. The summed E-state index contributed by atoms with van der Waals surface area (Å²) in [4.78, 5) is 12.8. The van der Waals surface area contributed by atoms with Gasteiger partial charge >= 0.3 is 0 Å². The third-order valence-corrected chi connectivity index (χ3v) is 7.04. The van der Waals surface area contributed by atoms with Crippen LogP contribution >= 0.6 is 0 Å². The van der Waals surface area contributed by atoms with E-state index in [1.165, 1.54) is 61.3 Å². The van der Waals surface area contributed by atoms with Crippen molar-refractivity contribution in [2.24, 2.45) is 0 Å². The van der Waals surface area contributed by atoms with Crippen molar-refractivity contribution in [3.8, 4) is 11.4 Å². The van der Waals surface area contributed by atoms with E-state index in [9.17, 15) is 17.6 Å². The summed E-state index contributed by atoms with van der Waals surface area (Å²) in [6.07, 6.45) is 0. The Bertz CT molecular complexity index is 1490. The summed E-state index contributed by atoms with van der Waals surface area (Å²) in [5.41, 5.74) is 0.794. The number of halogens is 1. The number of nitrogens with zero attached hydrogens (tertiary/aromatic N) is 5. The van der Waals surface area contributed by atoms with Gasteiger partial charge in [0.2, 0.25) is 0 Å². The van der Waals surface area contributed by atoms with Crippen molar-refractivity contribution < 1.29 is 22.3 Å². The lowest BCUT2D eigenvalue weighted by atomic mass is 10.2. The second-order valence-corrected chi connectivity index (χ2v) is 9.42.